The molecule has 6 heteroatoms. The van der Waals surface area contributed by atoms with Crippen LogP contribution in [0, 0.1) is 11.3 Å². The maximum Gasteiger partial charge on any atom is 0.232 e. The first-order chi connectivity index (χ1) is 8.85. The molecule has 0 aliphatic carbocycles. The van der Waals surface area contributed by atoms with Gasteiger partial charge in [-0.25, -0.2) is 0 Å². The lowest BCUT2D eigenvalue weighted by molar-refractivity contribution is 0.210. The van der Waals surface area contributed by atoms with Crippen molar-refractivity contribution in [2.75, 3.05) is 25.6 Å². The van der Waals surface area contributed by atoms with Crippen LogP contribution in [0.1, 0.15) is 5.69 Å². The molecule has 0 aromatic carbocycles. The van der Waals surface area contributed by atoms with Crippen LogP contribution < -0.4 is 5.32 Å². The van der Waals surface area contributed by atoms with Crippen LogP contribution in [0.5, 0.6) is 0 Å². The predicted molar refractivity (Wildman–Crippen MR) is 64.8 cm³/mol. The van der Waals surface area contributed by atoms with Crippen LogP contribution >= 0.6 is 0 Å². The van der Waals surface area contributed by atoms with Gasteiger partial charge in [-0.2, -0.15) is 10.2 Å². The number of pyridine rings is 1. The summed E-state index contributed by atoms with van der Waals surface area (Å²) in [6.07, 6.45) is 3.29. The SMILES string of the molecule is COCCNc1oc(-c2cccnc2)nc1C#N. The second kappa shape index (κ2) is 5.80. The lowest BCUT2D eigenvalue weighted by Gasteiger charge is -2.00. The molecule has 2 heterocycles. The van der Waals surface area contributed by atoms with Crippen molar-refractivity contribution < 1.29 is 9.15 Å². The maximum atomic E-state index is 8.98. The minimum Gasteiger partial charge on any atom is -0.419 e. The molecule has 0 spiro atoms. The summed E-state index contributed by atoms with van der Waals surface area (Å²) in [6.45, 7) is 1.07. The Balaban J connectivity index is 2.22. The van der Waals surface area contributed by atoms with Gasteiger partial charge in [0.1, 0.15) is 6.07 Å². The molecule has 0 fully saturated rings. The van der Waals surface area contributed by atoms with Crippen LogP contribution in [-0.2, 0) is 4.74 Å². The van der Waals surface area contributed by atoms with Crippen LogP contribution in [-0.4, -0.2) is 30.2 Å². The molecule has 0 saturated heterocycles. The molecule has 0 unspecified atom stereocenters. The average molecular weight is 244 g/mol. The Bertz CT molecular complexity index is 545. The molecule has 92 valence electrons. The number of rotatable bonds is 5. The molecular weight excluding hydrogens is 232 g/mol. The van der Waals surface area contributed by atoms with Gasteiger partial charge in [-0.3, -0.25) is 4.98 Å². The number of methoxy groups -OCH3 is 1. The second-order valence-electron chi connectivity index (χ2n) is 3.47. The molecule has 18 heavy (non-hydrogen) atoms. The van der Waals surface area contributed by atoms with Gasteiger partial charge in [0.2, 0.25) is 17.5 Å². The van der Waals surface area contributed by atoms with Crippen LogP contribution in [0.2, 0.25) is 0 Å². The third-order valence-corrected chi connectivity index (χ3v) is 2.23. The van der Waals surface area contributed by atoms with Gasteiger partial charge in [0.25, 0.3) is 0 Å². The summed E-state index contributed by atoms with van der Waals surface area (Å²) in [6, 6.07) is 5.58. The zero-order valence-electron chi connectivity index (χ0n) is 9.88. The number of nitrogens with one attached hydrogen (secondary N) is 1. The summed E-state index contributed by atoms with van der Waals surface area (Å²) in [5.41, 5.74) is 0.957. The lowest BCUT2D eigenvalue weighted by atomic mass is 10.3. The first kappa shape index (κ1) is 12.1. The minimum absolute atomic E-state index is 0.227. The number of anilines is 1. The van der Waals surface area contributed by atoms with Gasteiger partial charge >= 0.3 is 0 Å². The predicted octanol–water partition coefficient (Wildman–Crippen LogP) is 1.67. The van der Waals surface area contributed by atoms with E-state index in [4.69, 9.17) is 14.4 Å². The zero-order valence-corrected chi connectivity index (χ0v) is 9.88. The molecule has 0 saturated carbocycles. The Morgan fingerprint density at radius 1 is 1.56 bits per heavy atom. The van der Waals surface area contributed by atoms with E-state index in [0.29, 0.717) is 24.9 Å². The van der Waals surface area contributed by atoms with E-state index in [1.165, 1.54) is 0 Å². The smallest absolute Gasteiger partial charge is 0.232 e. The van der Waals surface area contributed by atoms with E-state index in [9.17, 15) is 0 Å². The van der Waals surface area contributed by atoms with Crippen molar-refractivity contribution in [3.63, 3.8) is 0 Å². The quantitative estimate of drug-likeness (QED) is 0.805. The average Bonchev–Trinajstić information content (AvgIpc) is 2.83. The number of hydrogen-bond acceptors (Lipinski definition) is 6. The summed E-state index contributed by atoms with van der Waals surface area (Å²) in [7, 11) is 1.61. The molecule has 6 nitrogen and oxygen atoms in total. The van der Waals surface area contributed by atoms with E-state index in [0.717, 1.165) is 5.56 Å². The highest BCUT2D eigenvalue weighted by Gasteiger charge is 2.13. The molecule has 0 bridgehead atoms. The van der Waals surface area contributed by atoms with Gasteiger partial charge in [0.15, 0.2) is 0 Å². The zero-order chi connectivity index (χ0) is 12.8. The van der Waals surface area contributed by atoms with E-state index in [-0.39, 0.29) is 5.69 Å². The molecule has 0 radical (unpaired) electrons. The third-order valence-electron chi connectivity index (χ3n) is 2.23. The van der Waals surface area contributed by atoms with Gasteiger partial charge in [0, 0.05) is 26.0 Å². The molecule has 2 aromatic rings. The van der Waals surface area contributed by atoms with Crippen LogP contribution in [0.15, 0.2) is 28.9 Å². The number of oxazole rings is 1. The Morgan fingerprint density at radius 3 is 3.11 bits per heavy atom. The molecule has 0 aliphatic heterocycles. The van der Waals surface area contributed by atoms with Crippen molar-refractivity contribution in [3.8, 4) is 17.5 Å². The Morgan fingerprint density at radius 2 is 2.44 bits per heavy atom. The van der Waals surface area contributed by atoms with Gasteiger partial charge < -0.3 is 14.5 Å². The van der Waals surface area contributed by atoms with Gasteiger partial charge in [-0.15, -0.1) is 0 Å². The fourth-order valence-electron chi connectivity index (χ4n) is 1.40. The number of nitrogens with zero attached hydrogens (tertiary/aromatic N) is 3. The molecule has 1 N–H and O–H groups in total. The van der Waals surface area contributed by atoms with Gasteiger partial charge in [-0.05, 0) is 12.1 Å². The van der Waals surface area contributed by atoms with E-state index in [1.54, 1.807) is 25.6 Å². The summed E-state index contributed by atoms with van der Waals surface area (Å²) in [5.74, 6) is 0.730. The van der Waals surface area contributed by atoms with Crippen molar-refractivity contribution >= 4 is 5.88 Å². The minimum atomic E-state index is 0.227. The van der Waals surface area contributed by atoms with Crippen LogP contribution in [0.4, 0.5) is 5.88 Å². The number of ether oxygens (including phenoxy) is 1. The van der Waals surface area contributed by atoms with Crippen molar-refractivity contribution in [3.05, 3.63) is 30.2 Å². The summed E-state index contributed by atoms with van der Waals surface area (Å²) in [4.78, 5) is 8.08. The van der Waals surface area contributed by atoms with Crippen molar-refractivity contribution in [1.82, 2.24) is 9.97 Å². The van der Waals surface area contributed by atoms with E-state index >= 15 is 0 Å². The standard InChI is InChI=1S/C12H12N4O2/c1-17-6-5-15-12-10(7-13)16-11(18-12)9-3-2-4-14-8-9/h2-4,8,15H,5-6H2,1H3. The normalized spacial score (nSPS) is 10.0. The topological polar surface area (TPSA) is 84.0 Å². The van der Waals surface area contributed by atoms with Gasteiger partial charge in [-0.1, -0.05) is 0 Å². The highest BCUT2D eigenvalue weighted by Crippen LogP contribution is 2.24. The molecular formula is C12H12N4O2. The Labute approximate surface area is 104 Å². The number of nitriles is 1. The summed E-state index contributed by atoms with van der Waals surface area (Å²) >= 11 is 0. The van der Waals surface area contributed by atoms with Crippen molar-refractivity contribution in [1.29, 1.82) is 5.26 Å². The van der Waals surface area contributed by atoms with Crippen molar-refractivity contribution in [2.45, 2.75) is 0 Å². The number of aromatic nitrogens is 2. The maximum absolute atomic E-state index is 8.98. The monoisotopic (exact) mass is 244 g/mol. The highest BCUT2D eigenvalue weighted by atomic mass is 16.5. The molecule has 2 aromatic heterocycles. The van der Waals surface area contributed by atoms with Crippen LogP contribution in [0.25, 0.3) is 11.5 Å². The largest absolute Gasteiger partial charge is 0.419 e. The fourth-order valence-corrected chi connectivity index (χ4v) is 1.40. The second-order valence-corrected chi connectivity index (χ2v) is 3.47. The Hall–Kier alpha value is -2.39. The molecule has 0 atom stereocenters. The van der Waals surface area contributed by atoms with E-state index < -0.39 is 0 Å². The number of hydrogen-bond donors (Lipinski definition) is 1. The first-order valence-corrected chi connectivity index (χ1v) is 5.39. The molecule has 2 rings (SSSR count). The molecule has 0 amide bonds. The van der Waals surface area contributed by atoms with E-state index in [2.05, 4.69) is 15.3 Å². The van der Waals surface area contributed by atoms with Crippen molar-refractivity contribution in [2.24, 2.45) is 0 Å². The van der Waals surface area contributed by atoms with E-state index in [1.807, 2.05) is 12.1 Å². The van der Waals surface area contributed by atoms with Crippen LogP contribution in [0.3, 0.4) is 0 Å². The third kappa shape index (κ3) is 2.64. The first-order valence-electron chi connectivity index (χ1n) is 5.39. The fraction of sp³-hybridized carbons (Fsp3) is 0.250. The Kier molecular flexibility index (Phi) is 3.89. The summed E-state index contributed by atoms with van der Waals surface area (Å²) in [5, 5.41) is 11.9. The summed E-state index contributed by atoms with van der Waals surface area (Å²) < 4.78 is 10.4. The molecule has 0 aliphatic rings. The lowest BCUT2D eigenvalue weighted by Crippen LogP contribution is -2.07. The highest BCUT2D eigenvalue weighted by molar-refractivity contribution is 5.57. The van der Waals surface area contributed by atoms with Gasteiger partial charge in [0.05, 0.1) is 12.2 Å².